The van der Waals surface area contributed by atoms with Crippen LogP contribution < -0.4 is 15.2 Å². The molecule has 4 nitrogen and oxygen atoms in total. The number of ether oxygens (including phenoxy) is 2. The number of rotatable bonds is 9. The lowest BCUT2D eigenvalue weighted by Gasteiger charge is -2.19. The number of benzene rings is 1. The van der Waals surface area contributed by atoms with E-state index in [1.165, 1.54) is 0 Å². The Labute approximate surface area is 121 Å². The van der Waals surface area contributed by atoms with Crippen LogP contribution in [0.1, 0.15) is 39.5 Å². The fourth-order valence-electron chi connectivity index (χ4n) is 1.78. The summed E-state index contributed by atoms with van der Waals surface area (Å²) in [5.74, 6) is 1.51. The average Bonchev–Trinajstić information content (AvgIpc) is 2.50. The molecular weight excluding hydrogens is 252 g/mol. The highest BCUT2D eigenvalue weighted by atomic mass is 16.5. The third-order valence-corrected chi connectivity index (χ3v) is 3.19. The van der Waals surface area contributed by atoms with E-state index in [-0.39, 0.29) is 0 Å². The largest absolute Gasteiger partial charge is 0.490 e. The van der Waals surface area contributed by atoms with Gasteiger partial charge in [-0.05, 0) is 37.8 Å². The number of nitriles is 1. The van der Waals surface area contributed by atoms with Crippen molar-refractivity contribution in [2.75, 3.05) is 13.2 Å². The molecule has 0 saturated carbocycles. The molecule has 0 heterocycles. The summed E-state index contributed by atoms with van der Waals surface area (Å²) in [6.07, 6.45) is 3.00. The van der Waals surface area contributed by atoms with Crippen LogP contribution in [-0.2, 0) is 0 Å². The Bertz CT molecular complexity index is 442. The minimum Gasteiger partial charge on any atom is -0.490 e. The van der Waals surface area contributed by atoms with Gasteiger partial charge >= 0.3 is 0 Å². The molecule has 0 spiro atoms. The Morgan fingerprint density at radius 2 is 1.75 bits per heavy atom. The van der Waals surface area contributed by atoms with Crippen molar-refractivity contribution in [3.8, 4) is 17.6 Å². The van der Waals surface area contributed by atoms with Gasteiger partial charge in [0.15, 0.2) is 11.5 Å². The van der Waals surface area contributed by atoms with E-state index in [1.54, 1.807) is 0 Å². The highest BCUT2D eigenvalue weighted by Gasteiger charge is 2.21. The lowest BCUT2D eigenvalue weighted by molar-refractivity contribution is 0.258. The summed E-state index contributed by atoms with van der Waals surface area (Å²) in [5.41, 5.74) is 5.20. The van der Waals surface area contributed by atoms with E-state index in [9.17, 15) is 0 Å². The van der Waals surface area contributed by atoms with E-state index < -0.39 is 5.54 Å². The quantitative estimate of drug-likeness (QED) is 0.703. The minimum absolute atomic E-state index is 0.535. The van der Waals surface area contributed by atoms with Crippen LogP contribution in [0.4, 0.5) is 0 Å². The molecule has 1 aromatic carbocycles. The van der Waals surface area contributed by atoms with Crippen LogP contribution in [0.2, 0.25) is 0 Å². The number of nitrogens with two attached hydrogens (primary N) is 1. The van der Waals surface area contributed by atoms with Gasteiger partial charge in [-0.3, -0.25) is 0 Å². The molecule has 0 aliphatic heterocycles. The van der Waals surface area contributed by atoms with Gasteiger partial charge in [0.25, 0.3) is 0 Å². The summed E-state index contributed by atoms with van der Waals surface area (Å²) in [6, 6.07) is 9.81. The van der Waals surface area contributed by atoms with Crippen molar-refractivity contribution >= 4 is 0 Å². The summed E-state index contributed by atoms with van der Waals surface area (Å²) in [6.45, 7) is 5.21. The van der Waals surface area contributed by atoms with Crippen LogP contribution in [-0.4, -0.2) is 18.8 Å². The maximum atomic E-state index is 9.01. The predicted octanol–water partition coefficient (Wildman–Crippen LogP) is 3.27. The third-order valence-electron chi connectivity index (χ3n) is 3.19. The Balaban J connectivity index is 2.44. The maximum absolute atomic E-state index is 9.01. The summed E-state index contributed by atoms with van der Waals surface area (Å²) in [4.78, 5) is 0. The van der Waals surface area contributed by atoms with E-state index in [0.29, 0.717) is 26.1 Å². The molecule has 110 valence electrons. The zero-order valence-corrected chi connectivity index (χ0v) is 12.4. The van der Waals surface area contributed by atoms with Crippen molar-refractivity contribution in [3.05, 3.63) is 24.3 Å². The molecule has 2 N–H and O–H groups in total. The Hall–Kier alpha value is -1.73. The maximum Gasteiger partial charge on any atom is 0.161 e. The zero-order valence-electron chi connectivity index (χ0n) is 12.4. The number of hydrogen-bond donors (Lipinski definition) is 1. The van der Waals surface area contributed by atoms with Crippen molar-refractivity contribution in [2.24, 2.45) is 5.73 Å². The molecule has 0 fully saturated rings. The van der Waals surface area contributed by atoms with Gasteiger partial charge in [-0.25, -0.2) is 0 Å². The molecule has 1 aromatic rings. The Morgan fingerprint density at radius 3 is 2.25 bits per heavy atom. The first-order valence-electron chi connectivity index (χ1n) is 7.20. The number of nitrogens with zero attached hydrogens (tertiary/aromatic N) is 1. The lowest BCUT2D eigenvalue weighted by atomic mass is 9.94. The van der Waals surface area contributed by atoms with E-state index in [1.807, 2.05) is 31.2 Å². The SMILES string of the molecule is CCCOc1ccccc1OCCCC(N)(C#N)CC. The molecule has 0 bridgehead atoms. The Morgan fingerprint density at radius 1 is 1.15 bits per heavy atom. The zero-order chi connectivity index (χ0) is 14.8. The summed E-state index contributed by atoms with van der Waals surface area (Å²) >= 11 is 0. The third kappa shape index (κ3) is 5.10. The van der Waals surface area contributed by atoms with E-state index in [0.717, 1.165) is 24.3 Å². The van der Waals surface area contributed by atoms with E-state index in [4.69, 9.17) is 20.5 Å². The molecule has 1 rings (SSSR count). The van der Waals surface area contributed by atoms with Gasteiger partial charge in [-0.1, -0.05) is 26.0 Å². The molecule has 4 heteroatoms. The van der Waals surface area contributed by atoms with Gasteiger partial charge in [0.2, 0.25) is 0 Å². The van der Waals surface area contributed by atoms with Gasteiger partial charge < -0.3 is 15.2 Å². The minimum atomic E-state index is -0.735. The summed E-state index contributed by atoms with van der Waals surface area (Å²) in [7, 11) is 0. The first kappa shape index (κ1) is 16.3. The molecule has 1 atom stereocenters. The Kier molecular flexibility index (Phi) is 6.89. The topological polar surface area (TPSA) is 68.3 Å². The highest BCUT2D eigenvalue weighted by molar-refractivity contribution is 5.39. The van der Waals surface area contributed by atoms with Gasteiger partial charge in [0.1, 0.15) is 5.54 Å². The predicted molar refractivity (Wildman–Crippen MR) is 79.8 cm³/mol. The molecule has 0 aliphatic carbocycles. The molecule has 0 aliphatic rings. The second-order valence-electron chi connectivity index (χ2n) is 4.87. The van der Waals surface area contributed by atoms with E-state index >= 15 is 0 Å². The van der Waals surface area contributed by atoms with Crippen molar-refractivity contribution in [1.82, 2.24) is 0 Å². The molecule has 0 radical (unpaired) electrons. The van der Waals surface area contributed by atoms with Crippen LogP contribution in [0.25, 0.3) is 0 Å². The standard InChI is InChI=1S/C16H24N2O2/c1-3-11-19-14-8-5-6-9-15(14)20-12-7-10-16(18,4-2)13-17/h5-6,8-9H,3-4,7,10-12,18H2,1-2H3. The smallest absolute Gasteiger partial charge is 0.161 e. The van der Waals surface area contributed by atoms with Crippen LogP contribution in [0.3, 0.4) is 0 Å². The van der Waals surface area contributed by atoms with Crippen molar-refractivity contribution in [1.29, 1.82) is 5.26 Å². The summed E-state index contributed by atoms with van der Waals surface area (Å²) < 4.78 is 11.4. The molecule has 0 saturated heterocycles. The van der Waals surface area contributed by atoms with Gasteiger partial charge in [0, 0.05) is 0 Å². The molecular formula is C16H24N2O2. The van der Waals surface area contributed by atoms with Crippen LogP contribution in [0, 0.1) is 11.3 Å². The molecule has 0 aromatic heterocycles. The van der Waals surface area contributed by atoms with Crippen molar-refractivity contribution in [3.63, 3.8) is 0 Å². The fraction of sp³-hybridized carbons (Fsp3) is 0.562. The second-order valence-corrected chi connectivity index (χ2v) is 4.87. The number of hydrogen-bond acceptors (Lipinski definition) is 4. The molecule has 0 amide bonds. The average molecular weight is 276 g/mol. The monoisotopic (exact) mass is 276 g/mol. The van der Waals surface area contributed by atoms with Crippen molar-refractivity contribution < 1.29 is 9.47 Å². The van der Waals surface area contributed by atoms with E-state index in [2.05, 4.69) is 13.0 Å². The fourth-order valence-corrected chi connectivity index (χ4v) is 1.78. The van der Waals surface area contributed by atoms with Gasteiger partial charge in [-0.15, -0.1) is 0 Å². The van der Waals surface area contributed by atoms with Gasteiger partial charge in [0.05, 0.1) is 19.3 Å². The summed E-state index contributed by atoms with van der Waals surface area (Å²) in [5, 5.41) is 9.01. The normalized spacial score (nSPS) is 13.3. The number of para-hydroxylation sites is 2. The highest BCUT2D eigenvalue weighted by Crippen LogP contribution is 2.27. The molecule has 1 unspecified atom stereocenters. The van der Waals surface area contributed by atoms with Crippen LogP contribution in [0.15, 0.2) is 24.3 Å². The van der Waals surface area contributed by atoms with Crippen molar-refractivity contribution in [2.45, 2.75) is 45.1 Å². The lowest BCUT2D eigenvalue weighted by Crippen LogP contribution is -2.37. The molecule has 20 heavy (non-hydrogen) atoms. The second kappa shape index (κ2) is 8.44. The first-order chi connectivity index (χ1) is 9.65. The van der Waals surface area contributed by atoms with Crippen LogP contribution >= 0.6 is 0 Å². The first-order valence-corrected chi connectivity index (χ1v) is 7.20. The van der Waals surface area contributed by atoms with Gasteiger partial charge in [-0.2, -0.15) is 5.26 Å². The van der Waals surface area contributed by atoms with Crippen LogP contribution in [0.5, 0.6) is 11.5 Å².